The summed E-state index contributed by atoms with van der Waals surface area (Å²) in [6.45, 7) is 0. The first-order chi connectivity index (χ1) is 8.88. The van der Waals surface area contributed by atoms with Gasteiger partial charge in [0, 0.05) is 22.9 Å². The summed E-state index contributed by atoms with van der Waals surface area (Å²) in [5, 5.41) is 0. The summed E-state index contributed by atoms with van der Waals surface area (Å²) in [4.78, 5) is 3.74. The van der Waals surface area contributed by atoms with E-state index in [1.165, 1.54) is 30.6 Å². The van der Waals surface area contributed by atoms with Crippen LogP contribution in [0.25, 0.3) is 0 Å². The maximum absolute atomic E-state index is 13.2. The summed E-state index contributed by atoms with van der Waals surface area (Å²) in [6.07, 6.45) is 2.66. The molecule has 0 saturated carbocycles. The molecule has 1 aromatic heterocycles. The van der Waals surface area contributed by atoms with Gasteiger partial charge in [-0.15, -0.1) is 0 Å². The van der Waals surface area contributed by atoms with Crippen molar-refractivity contribution >= 4 is 37.3 Å². The van der Waals surface area contributed by atoms with Crippen LogP contribution in [-0.2, 0) is 10.0 Å². The Morgan fingerprint density at radius 1 is 1.26 bits per heavy atom. The second-order valence-electron chi connectivity index (χ2n) is 3.68. The van der Waals surface area contributed by atoms with E-state index in [0.717, 1.165) is 6.07 Å². The number of hydrogen-bond donors (Lipinski definition) is 2. The molecular formula is C11H9BrFN3O2S. The number of pyridine rings is 1. The van der Waals surface area contributed by atoms with Gasteiger partial charge in [-0.2, -0.15) is 0 Å². The van der Waals surface area contributed by atoms with Gasteiger partial charge in [0.15, 0.2) is 0 Å². The molecule has 5 nitrogen and oxygen atoms in total. The third-order valence-electron chi connectivity index (χ3n) is 2.24. The molecule has 0 aliphatic heterocycles. The molecule has 0 amide bonds. The monoisotopic (exact) mass is 345 g/mol. The molecule has 0 bridgehead atoms. The van der Waals surface area contributed by atoms with Gasteiger partial charge in [-0.3, -0.25) is 9.71 Å². The molecule has 19 heavy (non-hydrogen) atoms. The average molecular weight is 346 g/mol. The number of sulfonamides is 1. The maximum atomic E-state index is 13.2. The first-order valence-corrected chi connectivity index (χ1v) is 7.34. The van der Waals surface area contributed by atoms with Gasteiger partial charge >= 0.3 is 0 Å². The van der Waals surface area contributed by atoms with E-state index in [1.54, 1.807) is 0 Å². The highest BCUT2D eigenvalue weighted by Crippen LogP contribution is 2.21. The Morgan fingerprint density at radius 3 is 2.63 bits per heavy atom. The minimum atomic E-state index is -3.82. The van der Waals surface area contributed by atoms with Crippen molar-refractivity contribution < 1.29 is 12.8 Å². The fourth-order valence-electron chi connectivity index (χ4n) is 1.34. The molecule has 0 aliphatic carbocycles. The third-order valence-corrected chi connectivity index (χ3v) is 4.02. The van der Waals surface area contributed by atoms with Crippen molar-refractivity contribution in [3.8, 4) is 0 Å². The van der Waals surface area contributed by atoms with Crippen LogP contribution >= 0.6 is 15.9 Å². The first-order valence-electron chi connectivity index (χ1n) is 5.07. The van der Waals surface area contributed by atoms with Crippen molar-refractivity contribution in [1.29, 1.82) is 0 Å². The predicted octanol–water partition coefficient (Wildman–Crippen LogP) is 2.37. The van der Waals surface area contributed by atoms with E-state index in [1.807, 2.05) is 0 Å². The number of hydrogen-bond acceptors (Lipinski definition) is 4. The van der Waals surface area contributed by atoms with Gasteiger partial charge in [0.2, 0.25) is 0 Å². The van der Waals surface area contributed by atoms with Gasteiger partial charge in [-0.1, -0.05) is 0 Å². The molecule has 0 atom stereocenters. The Bertz CT molecular complexity index is 722. The first kappa shape index (κ1) is 13.8. The van der Waals surface area contributed by atoms with Crippen LogP contribution in [0.5, 0.6) is 0 Å². The number of nitrogens with two attached hydrogens (primary N) is 1. The second-order valence-corrected chi connectivity index (χ2v) is 6.28. The second kappa shape index (κ2) is 5.14. The highest BCUT2D eigenvalue weighted by atomic mass is 79.9. The van der Waals surface area contributed by atoms with E-state index < -0.39 is 15.8 Å². The van der Waals surface area contributed by atoms with Crippen molar-refractivity contribution in [3.63, 3.8) is 0 Å². The zero-order chi connectivity index (χ0) is 14.0. The number of nitrogens with zero attached hydrogens (tertiary/aromatic N) is 1. The van der Waals surface area contributed by atoms with Crippen molar-refractivity contribution in [2.75, 3.05) is 10.5 Å². The van der Waals surface area contributed by atoms with Crippen molar-refractivity contribution in [2.24, 2.45) is 0 Å². The average Bonchev–Trinajstić information content (AvgIpc) is 2.33. The number of halogens is 2. The Morgan fingerprint density at radius 2 is 2.00 bits per heavy atom. The minimum absolute atomic E-state index is 0.0286. The summed E-state index contributed by atoms with van der Waals surface area (Å²) >= 11 is 3.13. The van der Waals surface area contributed by atoms with Gasteiger partial charge in [0.1, 0.15) is 10.7 Å². The lowest BCUT2D eigenvalue weighted by molar-refractivity contribution is 0.600. The molecule has 100 valence electrons. The molecule has 8 heteroatoms. The van der Waals surface area contributed by atoms with Gasteiger partial charge in [0.25, 0.3) is 10.0 Å². The van der Waals surface area contributed by atoms with E-state index in [2.05, 4.69) is 25.6 Å². The minimum Gasteiger partial charge on any atom is -0.396 e. The molecule has 0 saturated heterocycles. The summed E-state index contributed by atoms with van der Waals surface area (Å²) in [5.74, 6) is -0.687. The van der Waals surface area contributed by atoms with Crippen molar-refractivity contribution in [2.45, 2.75) is 4.90 Å². The molecule has 3 N–H and O–H groups in total. The van der Waals surface area contributed by atoms with Crippen LogP contribution in [0.3, 0.4) is 0 Å². The SMILES string of the molecule is Nc1ccc(NS(=O)(=O)c2cncc(Br)c2)cc1F. The smallest absolute Gasteiger partial charge is 0.263 e. The third kappa shape index (κ3) is 3.21. The molecule has 0 aliphatic rings. The van der Waals surface area contributed by atoms with Gasteiger partial charge < -0.3 is 5.73 Å². The molecule has 0 spiro atoms. The zero-order valence-electron chi connectivity index (χ0n) is 9.47. The molecule has 1 heterocycles. The summed E-state index contributed by atoms with van der Waals surface area (Å²) in [7, 11) is -3.82. The highest BCUT2D eigenvalue weighted by molar-refractivity contribution is 9.10. The van der Waals surface area contributed by atoms with Gasteiger partial charge in [0.05, 0.1) is 11.4 Å². The molecule has 2 aromatic rings. The Hall–Kier alpha value is -1.67. The maximum Gasteiger partial charge on any atom is 0.263 e. The Labute approximate surface area is 117 Å². The lowest BCUT2D eigenvalue weighted by Gasteiger charge is -2.08. The Kier molecular flexibility index (Phi) is 3.72. The highest BCUT2D eigenvalue weighted by Gasteiger charge is 2.15. The fourth-order valence-corrected chi connectivity index (χ4v) is 2.90. The van der Waals surface area contributed by atoms with Crippen LogP contribution in [-0.4, -0.2) is 13.4 Å². The van der Waals surface area contributed by atoms with Crippen molar-refractivity contribution in [1.82, 2.24) is 4.98 Å². The van der Waals surface area contributed by atoms with E-state index in [0.29, 0.717) is 4.47 Å². The van der Waals surface area contributed by atoms with E-state index in [9.17, 15) is 12.8 Å². The number of nitrogens with one attached hydrogen (secondary N) is 1. The topological polar surface area (TPSA) is 85.1 Å². The molecule has 0 radical (unpaired) electrons. The summed E-state index contributed by atoms with van der Waals surface area (Å²) in [5.41, 5.74) is 5.36. The van der Waals surface area contributed by atoms with Crippen LogP contribution in [0, 0.1) is 5.82 Å². The largest absolute Gasteiger partial charge is 0.396 e. The normalized spacial score (nSPS) is 11.3. The van der Waals surface area contributed by atoms with Gasteiger partial charge in [-0.05, 0) is 34.1 Å². The standard InChI is InChI=1S/C11H9BrFN3O2S/c12-7-3-9(6-15-5-7)19(17,18)16-8-1-2-11(14)10(13)4-8/h1-6,16H,14H2. The fraction of sp³-hybridized carbons (Fsp3) is 0. The number of benzene rings is 1. The number of nitrogen functional groups attached to an aromatic ring is 1. The zero-order valence-corrected chi connectivity index (χ0v) is 11.9. The lowest BCUT2D eigenvalue weighted by atomic mass is 10.3. The predicted molar refractivity (Wildman–Crippen MR) is 73.6 cm³/mol. The summed E-state index contributed by atoms with van der Waals surface area (Å²) in [6, 6.07) is 5.06. The molecule has 2 rings (SSSR count). The van der Waals surface area contributed by atoms with Crippen LogP contribution < -0.4 is 10.5 Å². The van der Waals surface area contributed by atoms with Crippen molar-refractivity contribution in [3.05, 3.63) is 46.9 Å². The van der Waals surface area contributed by atoms with Gasteiger partial charge in [-0.25, -0.2) is 12.8 Å². The molecule has 1 aromatic carbocycles. The number of rotatable bonds is 3. The van der Waals surface area contributed by atoms with E-state index in [-0.39, 0.29) is 16.3 Å². The number of aromatic nitrogens is 1. The quantitative estimate of drug-likeness (QED) is 0.836. The van der Waals surface area contributed by atoms with Crippen LogP contribution in [0.2, 0.25) is 0 Å². The van der Waals surface area contributed by atoms with Crippen LogP contribution in [0.15, 0.2) is 46.0 Å². The summed E-state index contributed by atoms with van der Waals surface area (Å²) < 4.78 is 40.1. The van der Waals surface area contributed by atoms with E-state index in [4.69, 9.17) is 5.73 Å². The molecular weight excluding hydrogens is 337 g/mol. The molecule has 0 fully saturated rings. The molecule has 0 unspecified atom stereocenters. The Balaban J connectivity index is 2.33. The van der Waals surface area contributed by atoms with Crippen LogP contribution in [0.1, 0.15) is 0 Å². The number of anilines is 2. The lowest BCUT2D eigenvalue weighted by Crippen LogP contribution is -2.13. The van der Waals surface area contributed by atoms with E-state index >= 15 is 0 Å². The van der Waals surface area contributed by atoms with Crippen LogP contribution in [0.4, 0.5) is 15.8 Å².